The topological polar surface area (TPSA) is 40.5 Å². The summed E-state index contributed by atoms with van der Waals surface area (Å²) in [4.78, 5) is 0. The van der Waals surface area contributed by atoms with Crippen molar-refractivity contribution in [2.45, 2.75) is 50.0 Å². The van der Waals surface area contributed by atoms with Gasteiger partial charge in [-0.05, 0) is 89.1 Å². The van der Waals surface area contributed by atoms with Crippen LogP contribution < -0.4 is 8.97 Å². The molecule has 0 spiro atoms. The second-order valence-corrected chi connectivity index (χ2v) is 14.8. The van der Waals surface area contributed by atoms with Gasteiger partial charge in [0.05, 0.1) is 34.1 Å². The van der Waals surface area contributed by atoms with Crippen LogP contribution >= 0.6 is 11.6 Å². The van der Waals surface area contributed by atoms with Crippen molar-refractivity contribution in [2.24, 2.45) is 0 Å². The van der Waals surface area contributed by atoms with Crippen LogP contribution in [-0.2, 0) is 0 Å². The van der Waals surface area contributed by atoms with Crippen LogP contribution in [0.5, 0.6) is 0 Å². The Morgan fingerprint density at radius 3 is 2.06 bits per heavy atom. The Bertz CT molecular complexity index is 1980. The number of likely N-dealkylation sites (N-methyl/N-ethyl adjacent to an activating group) is 2. The van der Waals surface area contributed by atoms with Crippen LogP contribution in [0.4, 0.5) is 11.4 Å². The third-order valence-electron chi connectivity index (χ3n) is 11.3. The molecule has 2 aliphatic heterocycles. The number of quaternary nitrogens is 2. The summed E-state index contributed by atoms with van der Waals surface area (Å²) in [6.45, 7) is 0.304. The standard InChI is InChI=1S/C42H47ClN2O2/c1-44(2)36(34(24-26-46)40-32-14-7-5-10-28(32)16-22-38(40)44)20-18-30-12-9-13-31(42(30)43)19-21-37-35(25-27-47)41-33-15-8-6-11-29(33)17-23-39(41)45(37,3)4/h5-8,10-11,14-23,34-36,46-47H,9,12-13,24-27H2,1-4H3/q+2. The molecule has 3 atom stereocenters. The van der Waals surface area contributed by atoms with Gasteiger partial charge >= 0.3 is 0 Å². The van der Waals surface area contributed by atoms with Gasteiger partial charge in [0, 0.05) is 47.4 Å². The maximum atomic E-state index is 10.2. The molecule has 0 radical (unpaired) electrons. The molecule has 0 saturated carbocycles. The average Bonchev–Trinajstić information content (AvgIpc) is 3.42. The fourth-order valence-corrected chi connectivity index (χ4v) is 9.22. The first-order valence-corrected chi connectivity index (χ1v) is 17.5. The summed E-state index contributed by atoms with van der Waals surface area (Å²) in [5, 5.41) is 26.2. The molecule has 7 rings (SSSR count). The molecule has 0 fully saturated rings. The minimum atomic E-state index is 0.141. The van der Waals surface area contributed by atoms with E-state index in [1.54, 1.807) is 0 Å². The Balaban J connectivity index is 1.24. The first kappa shape index (κ1) is 32.1. The van der Waals surface area contributed by atoms with Crippen molar-refractivity contribution < 1.29 is 10.2 Å². The Hall–Kier alpha value is -3.51. The number of fused-ring (bicyclic) bond motifs is 6. The molecule has 2 heterocycles. The van der Waals surface area contributed by atoms with Gasteiger partial charge in [-0.25, -0.2) is 0 Å². The van der Waals surface area contributed by atoms with Gasteiger partial charge < -0.3 is 10.2 Å². The third kappa shape index (κ3) is 5.31. The number of aliphatic hydroxyl groups is 2. The molecule has 47 heavy (non-hydrogen) atoms. The molecular formula is C42H47ClN2O2+2. The highest BCUT2D eigenvalue weighted by Gasteiger charge is 2.47. The fraction of sp³-hybridized carbons (Fsp3) is 0.333. The summed E-state index contributed by atoms with van der Waals surface area (Å²) < 4.78 is 1.41. The molecule has 4 aromatic rings. The van der Waals surface area contributed by atoms with E-state index >= 15 is 0 Å². The molecule has 4 aromatic carbocycles. The van der Waals surface area contributed by atoms with E-state index in [-0.39, 0.29) is 31.1 Å². The summed E-state index contributed by atoms with van der Waals surface area (Å²) in [7, 11) is 9.10. The average molecular weight is 647 g/mol. The SMILES string of the molecule is C[N+]1(C)C(=CC=C2CCCC(C=CC3C(CCO)c4c(ccc5ccccc45)[N+]3(C)C)=C2Cl)C(CCO)c2c1ccc1ccccc21. The Morgan fingerprint density at radius 2 is 1.38 bits per heavy atom. The van der Waals surface area contributed by atoms with Gasteiger partial charge in [-0.1, -0.05) is 72.3 Å². The number of benzene rings is 4. The van der Waals surface area contributed by atoms with Crippen molar-refractivity contribution in [3.05, 3.63) is 130 Å². The van der Waals surface area contributed by atoms with Gasteiger partial charge in [0.1, 0.15) is 23.1 Å². The van der Waals surface area contributed by atoms with Crippen molar-refractivity contribution in [3.63, 3.8) is 0 Å². The predicted molar refractivity (Wildman–Crippen MR) is 200 cm³/mol. The molecule has 4 nitrogen and oxygen atoms in total. The number of aliphatic hydroxyl groups excluding tert-OH is 2. The van der Waals surface area contributed by atoms with Crippen LogP contribution in [0.25, 0.3) is 21.5 Å². The Morgan fingerprint density at radius 1 is 0.745 bits per heavy atom. The van der Waals surface area contributed by atoms with E-state index < -0.39 is 0 Å². The molecule has 5 heteroatoms. The van der Waals surface area contributed by atoms with E-state index in [1.165, 1.54) is 60.9 Å². The van der Waals surface area contributed by atoms with Crippen molar-refractivity contribution in [1.29, 1.82) is 0 Å². The number of rotatable bonds is 7. The van der Waals surface area contributed by atoms with Crippen molar-refractivity contribution in [3.8, 4) is 0 Å². The van der Waals surface area contributed by atoms with Gasteiger partial charge in [0.15, 0.2) is 0 Å². The normalized spacial score (nSPS) is 25.0. The highest BCUT2D eigenvalue weighted by Crippen LogP contribution is 2.52. The first-order valence-electron chi connectivity index (χ1n) is 17.1. The van der Waals surface area contributed by atoms with Crippen molar-refractivity contribution in [2.75, 3.05) is 41.4 Å². The summed E-state index contributed by atoms with van der Waals surface area (Å²) in [6.07, 6.45) is 13.6. The maximum Gasteiger partial charge on any atom is 0.141 e. The predicted octanol–water partition coefficient (Wildman–Crippen LogP) is 9.20. The highest BCUT2D eigenvalue weighted by molar-refractivity contribution is 6.32. The largest absolute Gasteiger partial charge is 0.396 e. The highest BCUT2D eigenvalue weighted by atomic mass is 35.5. The molecule has 242 valence electrons. The molecule has 3 aliphatic rings. The van der Waals surface area contributed by atoms with Crippen LogP contribution in [0.3, 0.4) is 0 Å². The molecule has 3 unspecified atom stereocenters. The second-order valence-electron chi connectivity index (χ2n) is 14.4. The number of hydrogen-bond donors (Lipinski definition) is 2. The third-order valence-corrected chi connectivity index (χ3v) is 11.7. The molecule has 0 bridgehead atoms. The quantitative estimate of drug-likeness (QED) is 0.197. The van der Waals surface area contributed by atoms with E-state index in [4.69, 9.17) is 11.6 Å². The molecule has 0 amide bonds. The summed E-state index contributed by atoms with van der Waals surface area (Å²) in [5.41, 5.74) is 8.98. The fourth-order valence-electron chi connectivity index (χ4n) is 8.91. The number of halogens is 1. The number of hydrogen-bond acceptors (Lipinski definition) is 2. The van der Waals surface area contributed by atoms with E-state index in [0.717, 1.165) is 35.2 Å². The lowest BCUT2D eigenvalue weighted by Crippen LogP contribution is -2.47. The minimum Gasteiger partial charge on any atom is -0.396 e. The minimum absolute atomic E-state index is 0.141. The van der Waals surface area contributed by atoms with E-state index in [0.29, 0.717) is 10.9 Å². The van der Waals surface area contributed by atoms with Crippen LogP contribution in [0.15, 0.2) is 119 Å². The number of nitrogens with zero attached hydrogens (tertiary/aromatic N) is 2. The van der Waals surface area contributed by atoms with Crippen molar-refractivity contribution >= 4 is 44.5 Å². The Labute approximate surface area is 284 Å². The van der Waals surface area contributed by atoms with Gasteiger partial charge in [-0.3, -0.25) is 8.97 Å². The van der Waals surface area contributed by atoms with Gasteiger partial charge in [-0.15, -0.1) is 0 Å². The van der Waals surface area contributed by atoms with E-state index in [9.17, 15) is 10.2 Å². The molecule has 2 N–H and O–H groups in total. The monoisotopic (exact) mass is 646 g/mol. The van der Waals surface area contributed by atoms with E-state index in [1.807, 2.05) is 0 Å². The molecule has 0 saturated heterocycles. The lowest BCUT2D eigenvalue weighted by molar-refractivity contribution is 0.251. The zero-order chi connectivity index (χ0) is 32.9. The van der Waals surface area contributed by atoms with Crippen LogP contribution in [-0.4, -0.2) is 57.7 Å². The summed E-state index contributed by atoms with van der Waals surface area (Å²) in [6, 6.07) is 26.4. The van der Waals surface area contributed by atoms with Crippen molar-refractivity contribution in [1.82, 2.24) is 8.97 Å². The van der Waals surface area contributed by atoms with Crippen LogP contribution in [0.2, 0.25) is 0 Å². The van der Waals surface area contributed by atoms with Gasteiger partial charge in [0.2, 0.25) is 0 Å². The smallest absolute Gasteiger partial charge is 0.141 e. The molecule has 0 aromatic heterocycles. The van der Waals surface area contributed by atoms with Crippen LogP contribution in [0, 0.1) is 0 Å². The zero-order valence-electron chi connectivity index (χ0n) is 28.1. The lowest BCUT2D eigenvalue weighted by atomic mass is 9.87. The summed E-state index contributed by atoms with van der Waals surface area (Å²) >= 11 is 7.23. The second kappa shape index (κ2) is 12.5. The van der Waals surface area contributed by atoms with E-state index in [2.05, 4.69) is 125 Å². The van der Waals surface area contributed by atoms with Gasteiger partial charge in [-0.2, -0.15) is 0 Å². The molecule has 1 aliphatic carbocycles. The summed E-state index contributed by atoms with van der Waals surface area (Å²) in [5.74, 6) is 0.362. The lowest BCUT2D eigenvalue weighted by Gasteiger charge is -2.32. The zero-order valence-corrected chi connectivity index (χ0v) is 28.8. The number of allylic oxidation sites excluding steroid dienone is 7. The first-order chi connectivity index (χ1) is 22.7. The van der Waals surface area contributed by atoms with Gasteiger partial charge in [0.25, 0.3) is 0 Å². The maximum absolute atomic E-state index is 10.2. The molecular weight excluding hydrogens is 600 g/mol. The van der Waals surface area contributed by atoms with Crippen LogP contribution in [0.1, 0.15) is 55.1 Å². The Kier molecular flexibility index (Phi) is 8.53.